The van der Waals surface area contributed by atoms with Crippen molar-refractivity contribution >= 4 is 0 Å². The Morgan fingerprint density at radius 1 is 0.774 bits per heavy atom. The van der Waals surface area contributed by atoms with Crippen LogP contribution in [0.3, 0.4) is 0 Å². The minimum absolute atomic E-state index is 0.130. The summed E-state index contributed by atoms with van der Waals surface area (Å²) in [4.78, 5) is 4.99. The van der Waals surface area contributed by atoms with Crippen LogP contribution in [0.5, 0.6) is 0 Å². The van der Waals surface area contributed by atoms with Gasteiger partial charge in [0.2, 0.25) is 0 Å². The molecule has 168 valence electrons. The summed E-state index contributed by atoms with van der Waals surface area (Å²) in [7, 11) is 0. The van der Waals surface area contributed by atoms with Crippen molar-refractivity contribution in [2.24, 2.45) is 5.92 Å². The van der Waals surface area contributed by atoms with E-state index >= 15 is 0 Å². The first kappa shape index (κ1) is 22.3. The summed E-state index contributed by atoms with van der Waals surface area (Å²) in [5.74, 6) is 0.559. The van der Waals surface area contributed by atoms with E-state index in [-0.39, 0.29) is 5.92 Å². The normalized spacial score (nSPS) is 20.6. The van der Waals surface area contributed by atoms with Crippen molar-refractivity contribution in [3.8, 4) is 0 Å². The number of piperidine rings is 1. The summed E-state index contributed by atoms with van der Waals surface area (Å²) in [5, 5.41) is 0. The van der Waals surface area contributed by atoms with Crippen LogP contribution >= 0.6 is 0 Å². The van der Waals surface area contributed by atoms with Crippen LogP contribution in [0.25, 0.3) is 0 Å². The van der Waals surface area contributed by atoms with Crippen LogP contribution in [-0.4, -0.2) is 62.3 Å². The van der Waals surface area contributed by atoms with Crippen molar-refractivity contribution in [2.45, 2.75) is 24.9 Å². The van der Waals surface area contributed by atoms with Gasteiger partial charge in [0.1, 0.15) is 0 Å². The molecule has 0 aliphatic carbocycles. The molecule has 4 rings (SSSR count). The number of benzene rings is 2. The zero-order valence-corrected chi connectivity index (χ0v) is 17.9. The third-order valence-corrected chi connectivity index (χ3v) is 6.70. The van der Waals surface area contributed by atoms with Gasteiger partial charge in [-0.2, -0.15) is 13.2 Å². The Kier molecular flexibility index (Phi) is 7.31. The summed E-state index contributed by atoms with van der Waals surface area (Å²) in [5.41, 5.74) is 1.58. The van der Waals surface area contributed by atoms with Crippen molar-refractivity contribution in [1.82, 2.24) is 9.80 Å². The summed E-state index contributed by atoms with van der Waals surface area (Å²) in [6.07, 6.45) is -2.18. The van der Waals surface area contributed by atoms with Crippen LogP contribution in [0.4, 0.5) is 13.2 Å². The third kappa shape index (κ3) is 5.88. The van der Waals surface area contributed by atoms with E-state index in [2.05, 4.69) is 21.9 Å². The van der Waals surface area contributed by atoms with Crippen molar-refractivity contribution in [3.05, 3.63) is 71.3 Å². The predicted octanol–water partition coefficient (Wildman–Crippen LogP) is 4.88. The van der Waals surface area contributed by atoms with E-state index in [1.54, 1.807) is 12.1 Å². The molecule has 0 saturated carbocycles. The molecule has 1 atom stereocenters. The molecule has 2 aromatic carbocycles. The van der Waals surface area contributed by atoms with Gasteiger partial charge in [-0.05, 0) is 55.1 Å². The first-order valence-corrected chi connectivity index (χ1v) is 11.3. The van der Waals surface area contributed by atoms with Crippen LogP contribution in [0.2, 0.25) is 0 Å². The monoisotopic (exact) mass is 432 g/mol. The number of rotatable bonds is 6. The largest absolute Gasteiger partial charge is 0.416 e. The Morgan fingerprint density at radius 3 is 1.90 bits per heavy atom. The molecule has 3 nitrogen and oxygen atoms in total. The van der Waals surface area contributed by atoms with Crippen molar-refractivity contribution in [2.75, 3.05) is 52.5 Å². The average Bonchev–Trinajstić information content (AvgIpc) is 2.80. The fourth-order valence-corrected chi connectivity index (χ4v) is 4.89. The number of alkyl halides is 3. The maximum absolute atomic E-state index is 13.0. The average molecular weight is 433 g/mol. The summed E-state index contributed by atoms with van der Waals surface area (Å²) in [6, 6.07) is 16.0. The van der Waals surface area contributed by atoms with Gasteiger partial charge < -0.3 is 9.64 Å². The number of ether oxygens (including phenoxy) is 1. The second-order valence-corrected chi connectivity index (χ2v) is 8.64. The van der Waals surface area contributed by atoms with Gasteiger partial charge in [0, 0.05) is 32.1 Å². The minimum Gasteiger partial charge on any atom is -0.379 e. The number of hydrogen-bond acceptors (Lipinski definition) is 3. The van der Waals surface area contributed by atoms with E-state index in [4.69, 9.17) is 4.74 Å². The van der Waals surface area contributed by atoms with Gasteiger partial charge in [-0.1, -0.05) is 42.5 Å². The highest BCUT2D eigenvalue weighted by Gasteiger charge is 2.32. The number of nitrogens with zero attached hydrogens (tertiary/aromatic N) is 2. The molecule has 2 aliphatic heterocycles. The molecule has 0 N–H and O–H groups in total. The molecule has 0 bridgehead atoms. The maximum Gasteiger partial charge on any atom is 0.416 e. The SMILES string of the molecule is FC(F)(F)c1ccc(C(c2ccccc2)C2CCN(CCN3CCOCC3)CC2)cc1. The molecule has 1 unspecified atom stereocenters. The highest BCUT2D eigenvalue weighted by Crippen LogP contribution is 2.39. The standard InChI is InChI=1S/C25H31F3N2O/c26-25(27,28)23-8-6-21(7-9-23)24(20-4-2-1-3-5-20)22-10-12-29(13-11-22)14-15-30-16-18-31-19-17-30/h1-9,22,24H,10-19H2. The molecule has 0 amide bonds. The van der Waals surface area contributed by atoms with Crippen LogP contribution in [-0.2, 0) is 10.9 Å². The molecule has 2 aliphatic rings. The smallest absolute Gasteiger partial charge is 0.379 e. The molecular formula is C25H31F3N2O. The first-order valence-electron chi connectivity index (χ1n) is 11.3. The van der Waals surface area contributed by atoms with Gasteiger partial charge in [-0.25, -0.2) is 0 Å². The molecule has 31 heavy (non-hydrogen) atoms. The fourth-order valence-electron chi connectivity index (χ4n) is 4.89. The van der Waals surface area contributed by atoms with E-state index in [1.807, 2.05) is 18.2 Å². The first-order chi connectivity index (χ1) is 15.0. The minimum atomic E-state index is -4.30. The highest BCUT2D eigenvalue weighted by atomic mass is 19.4. The molecule has 0 spiro atoms. The molecular weight excluding hydrogens is 401 g/mol. The van der Waals surface area contributed by atoms with E-state index < -0.39 is 11.7 Å². The van der Waals surface area contributed by atoms with Gasteiger partial charge in [0.25, 0.3) is 0 Å². The molecule has 6 heteroatoms. The van der Waals surface area contributed by atoms with Gasteiger partial charge in [-0.15, -0.1) is 0 Å². The van der Waals surface area contributed by atoms with Crippen LogP contribution < -0.4 is 0 Å². The van der Waals surface area contributed by atoms with E-state index in [0.717, 1.165) is 70.9 Å². The molecule has 2 saturated heterocycles. The number of morpholine rings is 1. The molecule has 2 fully saturated rings. The zero-order valence-electron chi connectivity index (χ0n) is 17.9. The lowest BCUT2D eigenvalue weighted by molar-refractivity contribution is -0.137. The van der Waals surface area contributed by atoms with Gasteiger partial charge >= 0.3 is 6.18 Å². The Labute approximate surface area is 182 Å². The van der Waals surface area contributed by atoms with Crippen LogP contribution in [0, 0.1) is 5.92 Å². The summed E-state index contributed by atoms with van der Waals surface area (Å²) < 4.78 is 44.5. The van der Waals surface area contributed by atoms with Gasteiger partial charge in [0.05, 0.1) is 18.8 Å². The van der Waals surface area contributed by atoms with Crippen molar-refractivity contribution < 1.29 is 17.9 Å². The molecule has 0 radical (unpaired) electrons. The molecule has 2 heterocycles. The fraction of sp³-hybridized carbons (Fsp3) is 0.520. The van der Waals surface area contributed by atoms with Gasteiger partial charge in [0.15, 0.2) is 0 Å². The van der Waals surface area contributed by atoms with E-state index in [9.17, 15) is 13.2 Å². The summed E-state index contributed by atoms with van der Waals surface area (Å²) in [6.45, 7) is 7.92. The Morgan fingerprint density at radius 2 is 1.32 bits per heavy atom. The van der Waals surface area contributed by atoms with Crippen LogP contribution in [0.15, 0.2) is 54.6 Å². The Bertz CT molecular complexity index is 796. The molecule has 0 aromatic heterocycles. The summed E-state index contributed by atoms with van der Waals surface area (Å²) >= 11 is 0. The highest BCUT2D eigenvalue weighted by molar-refractivity contribution is 5.35. The van der Waals surface area contributed by atoms with Crippen molar-refractivity contribution in [3.63, 3.8) is 0 Å². The van der Waals surface area contributed by atoms with Crippen LogP contribution in [0.1, 0.15) is 35.4 Å². The zero-order chi connectivity index (χ0) is 21.7. The number of likely N-dealkylation sites (tertiary alicyclic amines) is 1. The topological polar surface area (TPSA) is 15.7 Å². The second kappa shape index (κ2) is 10.2. The number of halogens is 3. The van der Waals surface area contributed by atoms with E-state index in [0.29, 0.717) is 5.92 Å². The quantitative estimate of drug-likeness (QED) is 0.647. The predicted molar refractivity (Wildman–Crippen MR) is 116 cm³/mol. The van der Waals surface area contributed by atoms with Crippen molar-refractivity contribution in [1.29, 1.82) is 0 Å². The van der Waals surface area contributed by atoms with E-state index in [1.165, 1.54) is 17.7 Å². The lowest BCUT2D eigenvalue weighted by Gasteiger charge is -2.38. The Balaban J connectivity index is 1.42. The lowest BCUT2D eigenvalue weighted by Crippen LogP contribution is -2.44. The number of hydrogen-bond donors (Lipinski definition) is 0. The third-order valence-electron chi connectivity index (χ3n) is 6.70. The maximum atomic E-state index is 13.0. The second-order valence-electron chi connectivity index (χ2n) is 8.64. The lowest BCUT2D eigenvalue weighted by atomic mass is 9.76. The van der Waals surface area contributed by atoms with Gasteiger partial charge in [-0.3, -0.25) is 4.90 Å². The Hall–Kier alpha value is -1.89. The molecule has 2 aromatic rings.